The molecule has 0 amide bonds. The highest BCUT2D eigenvalue weighted by Crippen LogP contribution is 2.37. The van der Waals surface area contributed by atoms with E-state index in [1.165, 1.54) is 28.3 Å². The molecule has 1 radical (unpaired) electrons. The minimum Gasteiger partial charge on any atom is -0.0803 e. The predicted molar refractivity (Wildman–Crippen MR) is 59.0 cm³/mol. The highest BCUT2D eigenvalue weighted by molar-refractivity contribution is 6.52. The summed E-state index contributed by atoms with van der Waals surface area (Å²) in [5.41, 5.74) is 8.09. The first-order valence-electron chi connectivity index (χ1n) is 4.52. The minimum absolute atomic E-state index is 0.973. The summed E-state index contributed by atoms with van der Waals surface area (Å²) < 4.78 is 0. The van der Waals surface area contributed by atoms with Gasteiger partial charge in [-0.05, 0) is 28.3 Å². The first-order chi connectivity index (χ1) is 6.45. The molecule has 13 heavy (non-hydrogen) atoms. The highest BCUT2D eigenvalue weighted by Gasteiger charge is 2.17. The third-order valence-corrected chi connectivity index (χ3v) is 3.57. The van der Waals surface area contributed by atoms with Crippen molar-refractivity contribution < 1.29 is 0 Å². The molecular weight excluding hydrogens is 172 g/mol. The normalized spacial score (nSPS) is 17.5. The fourth-order valence-corrected chi connectivity index (χ4v) is 2.88. The lowest BCUT2D eigenvalue weighted by molar-refractivity contribution is 1.56. The van der Waals surface area contributed by atoms with Gasteiger partial charge in [0.05, 0.1) is 0 Å². The lowest BCUT2D eigenvalue weighted by Gasteiger charge is -2.07. The van der Waals surface area contributed by atoms with Gasteiger partial charge in [0.2, 0.25) is 0 Å². The molecule has 0 N–H and O–H groups in total. The van der Waals surface area contributed by atoms with Gasteiger partial charge in [-0.2, -0.15) is 0 Å². The van der Waals surface area contributed by atoms with Gasteiger partial charge in [0, 0.05) is 9.13 Å². The molecule has 0 saturated carbocycles. The number of rotatable bonds is 0. The van der Waals surface area contributed by atoms with Crippen molar-refractivity contribution in [1.29, 1.82) is 0 Å². The molecule has 3 rings (SSSR count). The molecule has 1 aromatic rings. The van der Waals surface area contributed by atoms with Gasteiger partial charge in [0.15, 0.2) is 0 Å². The molecule has 1 aliphatic heterocycles. The predicted octanol–water partition coefficient (Wildman–Crippen LogP) is 2.41. The summed E-state index contributed by atoms with van der Waals surface area (Å²) in [5, 5.41) is 0. The molecule has 0 atom stereocenters. The van der Waals surface area contributed by atoms with Gasteiger partial charge in [-0.3, -0.25) is 0 Å². The zero-order valence-corrected chi connectivity index (χ0v) is 8.25. The molecule has 0 aromatic heterocycles. The molecular formula is C12H9Si. The van der Waals surface area contributed by atoms with E-state index in [1.54, 1.807) is 0 Å². The van der Waals surface area contributed by atoms with Crippen LogP contribution in [0.25, 0.3) is 11.6 Å². The number of hydrogen-bond donors (Lipinski definition) is 0. The highest BCUT2D eigenvalue weighted by atomic mass is 28.2. The molecule has 0 bridgehead atoms. The maximum absolute atomic E-state index is 2.33. The topological polar surface area (TPSA) is 0 Å². The molecule has 0 saturated heterocycles. The van der Waals surface area contributed by atoms with Crippen molar-refractivity contribution in [1.82, 2.24) is 0 Å². The largest absolute Gasteiger partial charge is 0.0803 e. The molecule has 0 unspecified atom stereocenters. The third-order valence-electron chi connectivity index (χ3n) is 2.59. The van der Waals surface area contributed by atoms with E-state index in [1.807, 2.05) is 0 Å². The fraction of sp³-hybridized carbons (Fsp3) is 0.0833. The Labute approximate surface area is 80.0 Å². The van der Waals surface area contributed by atoms with Crippen LogP contribution in [-0.4, -0.2) is 14.8 Å². The van der Waals surface area contributed by atoms with Crippen LogP contribution in [0.15, 0.2) is 35.9 Å². The van der Waals surface area contributed by atoms with Crippen LogP contribution < -0.4 is 0 Å². The summed E-state index contributed by atoms with van der Waals surface area (Å²) in [6.07, 6.45) is 4.61. The van der Waals surface area contributed by atoms with Gasteiger partial charge in [-0.25, -0.2) is 0 Å². The Kier molecular flexibility index (Phi) is 1.46. The Bertz CT molecular complexity index is 450. The van der Waals surface area contributed by atoms with E-state index in [9.17, 15) is 0 Å². The van der Waals surface area contributed by atoms with Gasteiger partial charge in [-0.1, -0.05) is 42.1 Å². The summed E-state index contributed by atoms with van der Waals surface area (Å²) in [4.78, 5) is 0. The summed E-state index contributed by atoms with van der Waals surface area (Å²) in [7, 11) is 0.973. The lowest BCUT2D eigenvalue weighted by atomic mass is 10.0. The number of benzene rings is 1. The van der Waals surface area contributed by atoms with Crippen LogP contribution >= 0.6 is 0 Å². The molecule has 1 aromatic carbocycles. The van der Waals surface area contributed by atoms with E-state index < -0.39 is 0 Å². The Hall–Kier alpha value is -1.21. The maximum atomic E-state index is 2.33. The van der Waals surface area contributed by atoms with Gasteiger partial charge in [0.1, 0.15) is 0 Å². The molecule has 0 fully saturated rings. The van der Waals surface area contributed by atoms with Crippen LogP contribution in [0, 0.1) is 0 Å². The van der Waals surface area contributed by atoms with Crippen molar-refractivity contribution in [3.05, 3.63) is 47.0 Å². The first-order valence-corrected chi connectivity index (χ1v) is 5.81. The number of fused-ring (bicyclic) bond motifs is 3. The van der Waals surface area contributed by atoms with Crippen LogP contribution in [-0.2, 0) is 0 Å². The van der Waals surface area contributed by atoms with Gasteiger partial charge in [-0.15, -0.1) is 0 Å². The maximum Gasteiger partial charge on any atom is 0.0241 e. The molecule has 1 heterocycles. The third kappa shape index (κ3) is 1.01. The van der Waals surface area contributed by atoms with Gasteiger partial charge in [0.25, 0.3) is 0 Å². The first kappa shape index (κ1) is 7.22. The number of hydrogen-bond acceptors (Lipinski definition) is 0. The second-order valence-electron chi connectivity index (χ2n) is 3.38. The summed E-state index contributed by atoms with van der Waals surface area (Å²) in [5.74, 6) is 0. The Morgan fingerprint density at radius 2 is 2.08 bits per heavy atom. The standard InChI is InChI=1S/C12H9Si/c1-2-4-11-9(3-1)7-10-8-13-6-5-12(10)11/h1-7H,8H2. The van der Waals surface area contributed by atoms with E-state index in [2.05, 4.69) is 42.1 Å². The molecule has 1 heteroatoms. The second-order valence-corrected chi connectivity index (χ2v) is 4.48. The monoisotopic (exact) mass is 181 g/mol. The molecule has 61 valence electrons. The van der Waals surface area contributed by atoms with Crippen molar-refractivity contribution in [3.8, 4) is 0 Å². The lowest BCUT2D eigenvalue weighted by Crippen LogP contribution is -1.94. The summed E-state index contributed by atoms with van der Waals surface area (Å²) in [6, 6.07) is 9.88. The van der Waals surface area contributed by atoms with E-state index in [4.69, 9.17) is 0 Å². The molecule has 0 spiro atoms. The van der Waals surface area contributed by atoms with Crippen molar-refractivity contribution in [2.24, 2.45) is 0 Å². The molecule has 0 nitrogen and oxygen atoms in total. The molecule has 1 aliphatic carbocycles. The average Bonchev–Trinajstić information content (AvgIpc) is 2.56. The Morgan fingerprint density at radius 3 is 3.08 bits per heavy atom. The minimum atomic E-state index is 0.973. The smallest absolute Gasteiger partial charge is 0.0241 e. The SMILES string of the molecule is C1=[Si]CC2=Cc3ccccc3C2=C1. The van der Waals surface area contributed by atoms with Crippen LogP contribution in [0.4, 0.5) is 0 Å². The van der Waals surface area contributed by atoms with Gasteiger partial charge < -0.3 is 0 Å². The summed E-state index contributed by atoms with van der Waals surface area (Å²) >= 11 is 0. The van der Waals surface area contributed by atoms with Crippen molar-refractivity contribution in [3.63, 3.8) is 0 Å². The van der Waals surface area contributed by atoms with Crippen molar-refractivity contribution in [2.75, 3.05) is 0 Å². The van der Waals surface area contributed by atoms with Crippen LogP contribution in [0.3, 0.4) is 0 Å². The Balaban J connectivity index is 2.26. The van der Waals surface area contributed by atoms with E-state index >= 15 is 0 Å². The van der Waals surface area contributed by atoms with E-state index in [0.29, 0.717) is 0 Å². The van der Waals surface area contributed by atoms with Crippen LogP contribution in [0.1, 0.15) is 11.1 Å². The van der Waals surface area contributed by atoms with Crippen molar-refractivity contribution in [2.45, 2.75) is 6.04 Å². The van der Waals surface area contributed by atoms with E-state index in [0.717, 1.165) is 9.13 Å². The summed E-state index contributed by atoms with van der Waals surface area (Å²) in [6.45, 7) is 0. The molecule has 2 aliphatic rings. The Morgan fingerprint density at radius 1 is 1.15 bits per heavy atom. The van der Waals surface area contributed by atoms with Crippen LogP contribution in [0.2, 0.25) is 6.04 Å². The second kappa shape index (κ2) is 2.64. The van der Waals surface area contributed by atoms with E-state index in [-0.39, 0.29) is 0 Å². The average molecular weight is 181 g/mol. The zero-order chi connectivity index (χ0) is 8.67. The number of allylic oxidation sites excluding steroid dienone is 3. The van der Waals surface area contributed by atoms with Gasteiger partial charge >= 0.3 is 0 Å². The van der Waals surface area contributed by atoms with Crippen LogP contribution in [0.5, 0.6) is 0 Å². The quantitative estimate of drug-likeness (QED) is 0.539. The zero-order valence-electron chi connectivity index (χ0n) is 7.25. The van der Waals surface area contributed by atoms with Crippen molar-refractivity contribution >= 4 is 26.5 Å². The fourth-order valence-electron chi connectivity index (χ4n) is 1.96.